The van der Waals surface area contributed by atoms with Gasteiger partial charge >= 0.3 is 0 Å². The zero-order chi connectivity index (χ0) is 8.97. The van der Waals surface area contributed by atoms with Gasteiger partial charge in [-0.25, -0.2) is 0 Å². The van der Waals surface area contributed by atoms with Crippen LogP contribution < -0.4 is 5.19 Å². The molecule has 1 rings (SSSR count). The van der Waals surface area contributed by atoms with Crippen molar-refractivity contribution >= 4 is 20.2 Å². The van der Waals surface area contributed by atoms with Crippen molar-refractivity contribution in [3.05, 3.63) is 30.3 Å². The third-order valence-electron chi connectivity index (χ3n) is 1.61. The highest BCUT2D eigenvalue weighted by Gasteiger charge is 2.09. The lowest BCUT2D eigenvalue weighted by atomic mass is 10.4. The van der Waals surface area contributed by atoms with E-state index in [-0.39, 0.29) is 5.97 Å². The first-order valence-electron chi connectivity index (χ1n) is 3.92. The van der Waals surface area contributed by atoms with E-state index in [9.17, 15) is 4.79 Å². The maximum atomic E-state index is 10.6. The molecule has 0 aliphatic carbocycles. The molecule has 1 aromatic rings. The summed E-state index contributed by atoms with van der Waals surface area (Å²) < 4.78 is 5.14. The average Bonchev–Trinajstić information content (AvgIpc) is 2.05. The van der Waals surface area contributed by atoms with Crippen molar-refractivity contribution in [3.63, 3.8) is 0 Å². The fourth-order valence-electron chi connectivity index (χ4n) is 1.04. The number of hydrogen-bond donors (Lipinski definition) is 0. The fraction of sp³-hybridized carbons (Fsp3) is 0.222. The predicted octanol–water partition coefficient (Wildman–Crippen LogP) is 0.810. The average molecular weight is 180 g/mol. The third-order valence-corrected chi connectivity index (χ3v) is 3.62. The molecule has 0 aliphatic heterocycles. The first-order chi connectivity index (χ1) is 5.70. The van der Waals surface area contributed by atoms with E-state index >= 15 is 0 Å². The Labute approximate surface area is 73.9 Å². The van der Waals surface area contributed by atoms with Crippen molar-refractivity contribution in [3.8, 4) is 0 Å². The molecule has 0 bridgehead atoms. The Kier molecular flexibility index (Phi) is 3.05. The van der Waals surface area contributed by atoms with Crippen molar-refractivity contribution in [2.24, 2.45) is 0 Å². The second-order valence-corrected chi connectivity index (χ2v) is 4.85. The van der Waals surface area contributed by atoms with Crippen LogP contribution in [-0.4, -0.2) is 15.0 Å². The maximum Gasteiger partial charge on any atom is 0.289 e. The van der Waals surface area contributed by atoms with Crippen molar-refractivity contribution in [1.29, 1.82) is 0 Å². The van der Waals surface area contributed by atoms with Crippen LogP contribution in [0.15, 0.2) is 30.3 Å². The standard InChI is InChI=1S/C9H12O2Si/c1-8(10)11-12(2)9-6-4-3-5-7-9/h3-7,12H,1-2H3. The summed E-state index contributed by atoms with van der Waals surface area (Å²) in [6, 6.07) is 9.88. The van der Waals surface area contributed by atoms with E-state index in [0.717, 1.165) is 5.19 Å². The van der Waals surface area contributed by atoms with Crippen molar-refractivity contribution in [1.82, 2.24) is 0 Å². The lowest BCUT2D eigenvalue weighted by molar-refractivity contribution is -0.132. The molecule has 0 N–H and O–H groups in total. The number of benzene rings is 1. The van der Waals surface area contributed by atoms with E-state index in [1.54, 1.807) is 0 Å². The minimum absolute atomic E-state index is 0.182. The molecule has 0 spiro atoms. The van der Waals surface area contributed by atoms with Gasteiger partial charge in [-0.2, -0.15) is 0 Å². The summed E-state index contributed by atoms with van der Waals surface area (Å²) in [5, 5.41) is 1.16. The molecule has 0 amide bonds. The molecule has 0 saturated heterocycles. The summed E-state index contributed by atoms with van der Waals surface area (Å²) in [6.45, 7) is 3.45. The Bertz CT molecular complexity index is 258. The Morgan fingerprint density at radius 2 is 1.92 bits per heavy atom. The lowest BCUT2D eigenvalue weighted by Gasteiger charge is -2.09. The first-order valence-corrected chi connectivity index (χ1v) is 6.12. The van der Waals surface area contributed by atoms with Crippen LogP contribution in [0.4, 0.5) is 0 Å². The SMILES string of the molecule is CC(=O)O[SiH](C)c1ccccc1. The molecule has 0 saturated carbocycles. The molecule has 1 unspecified atom stereocenters. The molecule has 1 atom stereocenters. The second kappa shape index (κ2) is 4.06. The normalized spacial score (nSPS) is 12.2. The summed E-state index contributed by atoms with van der Waals surface area (Å²) >= 11 is 0. The van der Waals surface area contributed by atoms with E-state index in [4.69, 9.17) is 4.43 Å². The van der Waals surface area contributed by atoms with Gasteiger partial charge in [0.1, 0.15) is 0 Å². The Hall–Kier alpha value is -1.09. The quantitative estimate of drug-likeness (QED) is 0.630. The second-order valence-electron chi connectivity index (χ2n) is 2.66. The van der Waals surface area contributed by atoms with E-state index in [0.29, 0.717) is 0 Å². The summed E-state index contributed by atoms with van der Waals surface area (Å²) in [7, 11) is -1.47. The van der Waals surface area contributed by atoms with Crippen LogP contribution in [0.1, 0.15) is 6.92 Å². The number of rotatable bonds is 2. The molecule has 64 valence electrons. The molecular weight excluding hydrogens is 168 g/mol. The summed E-state index contributed by atoms with van der Waals surface area (Å²) in [5.74, 6) is -0.182. The van der Waals surface area contributed by atoms with Gasteiger partial charge in [0.05, 0.1) is 0 Å². The molecule has 12 heavy (non-hydrogen) atoms. The summed E-state index contributed by atoms with van der Waals surface area (Å²) in [4.78, 5) is 10.6. The smallest absolute Gasteiger partial charge is 0.289 e. The van der Waals surface area contributed by atoms with E-state index < -0.39 is 9.04 Å². The highest BCUT2D eigenvalue weighted by Crippen LogP contribution is 1.90. The van der Waals surface area contributed by atoms with Crippen LogP contribution in [0, 0.1) is 0 Å². The van der Waals surface area contributed by atoms with Gasteiger partial charge in [0, 0.05) is 6.92 Å². The minimum Gasteiger partial charge on any atom is -0.518 e. The number of hydrogen-bond acceptors (Lipinski definition) is 2. The highest BCUT2D eigenvalue weighted by molar-refractivity contribution is 6.67. The molecule has 0 radical (unpaired) electrons. The van der Waals surface area contributed by atoms with Gasteiger partial charge in [-0.05, 0) is 11.7 Å². The molecule has 1 aromatic carbocycles. The topological polar surface area (TPSA) is 26.3 Å². The van der Waals surface area contributed by atoms with E-state index in [1.165, 1.54) is 6.92 Å². The number of carbonyl (C=O) groups is 1. The third kappa shape index (κ3) is 2.51. The molecule has 2 nitrogen and oxygen atoms in total. The van der Waals surface area contributed by atoms with E-state index in [1.807, 2.05) is 36.9 Å². The molecule has 0 aromatic heterocycles. The van der Waals surface area contributed by atoms with Gasteiger partial charge in [0.2, 0.25) is 0 Å². The van der Waals surface area contributed by atoms with Crippen molar-refractivity contribution in [2.45, 2.75) is 13.5 Å². The lowest BCUT2D eigenvalue weighted by Crippen LogP contribution is -2.31. The Balaban J connectivity index is 2.65. The van der Waals surface area contributed by atoms with Gasteiger partial charge in [-0.1, -0.05) is 30.3 Å². The zero-order valence-electron chi connectivity index (χ0n) is 7.28. The van der Waals surface area contributed by atoms with Crippen LogP contribution >= 0.6 is 0 Å². The summed E-state index contributed by atoms with van der Waals surface area (Å²) in [6.07, 6.45) is 0. The zero-order valence-corrected chi connectivity index (χ0v) is 8.44. The van der Waals surface area contributed by atoms with Gasteiger partial charge in [0.25, 0.3) is 15.0 Å². The van der Waals surface area contributed by atoms with Crippen LogP contribution in [0.2, 0.25) is 6.55 Å². The Morgan fingerprint density at radius 3 is 2.42 bits per heavy atom. The minimum atomic E-state index is -1.47. The van der Waals surface area contributed by atoms with Crippen molar-refractivity contribution < 1.29 is 9.22 Å². The van der Waals surface area contributed by atoms with Crippen LogP contribution in [0.25, 0.3) is 0 Å². The molecule has 3 heteroatoms. The van der Waals surface area contributed by atoms with Crippen LogP contribution in [-0.2, 0) is 9.22 Å². The fourth-order valence-corrected chi connectivity index (χ4v) is 2.44. The molecule has 0 aliphatic rings. The van der Waals surface area contributed by atoms with Gasteiger partial charge in [-0.15, -0.1) is 0 Å². The number of carbonyl (C=O) groups excluding carboxylic acids is 1. The highest BCUT2D eigenvalue weighted by atomic mass is 28.3. The summed E-state index contributed by atoms with van der Waals surface area (Å²) in [5.41, 5.74) is 0. The maximum absolute atomic E-state index is 10.6. The largest absolute Gasteiger partial charge is 0.518 e. The van der Waals surface area contributed by atoms with Gasteiger partial charge < -0.3 is 4.43 Å². The molecular formula is C9H12O2Si. The molecule has 0 heterocycles. The monoisotopic (exact) mass is 180 g/mol. The van der Waals surface area contributed by atoms with Crippen LogP contribution in [0.5, 0.6) is 0 Å². The van der Waals surface area contributed by atoms with Crippen LogP contribution in [0.3, 0.4) is 0 Å². The van der Waals surface area contributed by atoms with Crippen molar-refractivity contribution in [2.75, 3.05) is 0 Å². The van der Waals surface area contributed by atoms with Gasteiger partial charge in [0.15, 0.2) is 0 Å². The van der Waals surface area contributed by atoms with Gasteiger partial charge in [-0.3, -0.25) is 4.79 Å². The Morgan fingerprint density at radius 1 is 1.33 bits per heavy atom. The van der Waals surface area contributed by atoms with E-state index in [2.05, 4.69) is 0 Å². The predicted molar refractivity (Wildman–Crippen MR) is 50.9 cm³/mol. The molecule has 0 fully saturated rings. The first kappa shape index (κ1) is 9.00.